The molecule has 0 saturated heterocycles. The van der Waals surface area contributed by atoms with Crippen LogP contribution in [0.15, 0.2) is 0 Å². The van der Waals surface area contributed by atoms with Crippen molar-refractivity contribution in [2.75, 3.05) is 27.4 Å². The lowest BCUT2D eigenvalue weighted by atomic mass is 9.82. The van der Waals surface area contributed by atoms with Crippen LogP contribution < -0.4 is 0 Å². The summed E-state index contributed by atoms with van der Waals surface area (Å²) in [6.45, 7) is 9.64. The van der Waals surface area contributed by atoms with Crippen LogP contribution in [0.4, 0.5) is 0 Å². The molecule has 0 heterocycles. The van der Waals surface area contributed by atoms with Gasteiger partial charge in [-0.05, 0) is 90.9 Å². The van der Waals surface area contributed by atoms with E-state index in [0.717, 1.165) is 116 Å². The maximum Gasteiger partial charge on any atom is 0.309 e. The number of methoxy groups -OCH3 is 2. The highest BCUT2D eigenvalue weighted by molar-refractivity contribution is 5.75. The molecular formula is C50H92O10. The monoisotopic (exact) mass is 853 g/mol. The van der Waals surface area contributed by atoms with Crippen LogP contribution in [-0.2, 0) is 47.6 Å². The average molecular weight is 853 g/mol. The van der Waals surface area contributed by atoms with E-state index in [0.29, 0.717) is 51.7 Å². The smallest absolute Gasteiger partial charge is 0.309 e. The topological polar surface area (TPSA) is 124 Å². The summed E-state index contributed by atoms with van der Waals surface area (Å²) in [5, 5.41) is 0. The second-order valence-electron chi connectivity index (χ2n) is 17.4. The summed E-state index contributed by atoms with van der Waals surface area (Å²) in [4.78, 5) is 50.6. The fourth-order valence-corrected chi connectivity index (χ4v) is 8.62. The SMILES string of the molecule is CCCCCCCCC(OCC)C(CCCCCCCC(=O)OC)OC(=O)C1CCC(C(=O)OC(CCCCCCCC)C(CCCCCCCC(=O)OC)OCC)CC1. The van der Waals surface area contributed by atoms with E-state index < -0.39 is 0 Å². The van der Waals surface area contributed by atoms with Gasteiger partial charge in [-0.2, -0.15) is 0 Å². The summed E-state index contributed by atoms with van der Waals surface area (Å²) in [7, 11) is 2.86. The highest BCUT2D eigenvalue weighted by atomic mass is 16.6. The van der Waals surface area contributed by atoms with Crippen LogP contribution in [0.25, 0.3) is 0 Å². The van der Waals surface area contributed by atoms with Crippen LogP contribution in [0.3, 0.4) is 0 Å². The van der Waals surface area contributed by atoms with Crippen molar-refractivity contribution < 1.29 is 47.6 Å². The highest BCUT2D eigenvalue weighted by Gasteiger charge is 2.36. The molecule has 0 spiro atoms. The third-order valence-corrected chi connectivity index (χ3v) is 12.4. The maximum absolute atomic E-state index is 13.8. The number of carbonyl (C=O) groups is 4. The van der Waals surface area contributed by atoms with Gasteiger partial charge in [-0.25, -0.2) is 0 Å². The van der Waals surface area contributed by atoms with Crippen molar-refractivity contribution in [3.8, 4) is 0 Å². The van der Waals surface area contributed by atoms with Gasteiger partial charge in [-0.1, -0.05) is 129 Å². The van der Waals surface area contributed by atoms with Gasteiger partial charge in [0.1, 0.15) is 12.2 Å². The van der Waals surface area contributed by atoms with E-state index in [-0.39, 0.29) is 60.1 Å². The summed E-state index contributed by atoms with van der Waals surface area (Å²) < 4.78 is 34.8. The van der Waals surface area contributed by atoms with E-state index in [1.165, 1.54) is 65.6 Å². The van der Waals surface area contributed by atoms with Gasteiger partial charge in [-0.3, -0.25) is 19.2 Å². The Hall–Kier alpha value is -2.20. The molecule has 1 fully saturated rings. The molecule has 10 nitrogen and oxygen atoms in total. The molecule has 0 aromatic rings. The third kappa shape index (κ3) is 27.7. The zero-order valence-electron chi connectivity index (χ0n) is 39.6. The number of esters is 4. The second-order valence-corrected chi connectivity index (χ2v) is 17.4. The first kappa shape index (κ1) is 55.8. The van der Waals surface area contributed by atoms with Crippen molar-refractivity contribution in [1.29, 1.82) is 0 Å². The van der Waals surface area contributed by atoms with Gasteiger partial charge < -0.3 is 28.4 Å². The molecule has 0 aliphatic heterocycles. The molecule has 0 amide bonds. The molecule has 4 unspecified atom stereocenters. The number of rotatable bonds is 40. The van der Waals surface area contributed by atoms with Gasteiger partial charge in [0.25, 0.3) is 0 Å². The van der Waals surface area contributed by atoms with Crippen LogP contribution in [0.1, 0.15) is 233 Å². The predicted octanol–water partition coefficient (Wildman–Crippen LogP) is 12.7. The Kier molecular flexibility index (Phi) is 35.8. The second kappa shape index (κ2) is 38.5. The van der Waals surface area contributed by atoms with Gasteiger partial charge >= 0.3 is 23.9 Å². The molecule has 0 aromatic heterocycles. The summed E-state index contributed by atoms with van der Waals surface area (Å²) in [6, 6.07) is 0. The summed E-state index contributed by atoms with van der Waals surface area (Å²) in [6.07, 6.45) is 29.8. The van der Waals surface area contributed by atoms with Crippen LogP contribution in [0.5, 0.6) is 0 Å². The highest BCUT2D eigenvalue weighted by Crippen LogP contribution is 2.33. The normalized spacial score (nSPS) is 17.4. The number of carbonyl (C=O) groups excluding carboxylic acids is 4. The molecule has 10 heteroatoms. The summed E-state index contributed by atoms with van der Waals surface area (Å²) in [5.74, 6) is -1.06. The van der Waals surface area contributed by atoms with Crippen molar-refractivity contribution >= 4 is 23.9 Å². The Morgan fingerprint density at radius 1 is 0.400 bits per heavy atom. The third-order valence-electron chi connectivity index (χ3n) is 12.4. The fourth-order valence-electron chi connectivity index (χ4n) is 8.62. The molecule has 0 bridgehead atoms. The molecule has 0 N–H and O–H groups in total. The van der Waals surface area contributed by atoms with Crippen LogP contribution >= 0.6 is 0 Å². The number of hydrogen-bond donors (Lipinski definition) is 0. The standard InChI is InChI=1S/C50H92O10/c1-7-11-13-15-19-25-31-43(57-9-3)46(34-28-22-18-24-30-36-48(52)56-6)60-50(54)42-39-37-41(38-40-42)49(53)59-45(33-27-20-16-14-12-8-2)44(58-10-4)32-26-21-17-23-29-35-47(51)55-5/h41-46H,7-40H2,1-6H3. The first-order valence-corrected chi connectivity index (χ1v) is 25.0. The van der Waals surface area contributed by atoms with E-state index in [2.05, 4.69) is 13.8 Å². The molecule has 0 aromatic carbocycles. The van der Waals surface area contributed by atoms with Crippen LogP contribution in [-0.4, -0.2) is 75.7 Å². The molecule has 60 heavy (non-hydrogen) atoms. The van der Waals surface area contributed by atoms with Crippen LogP contribution in [0, 0.1) is 11.8 Å². The lowest BCUT2D eigenvalue weighted by Crippen LogP contribution is -2.38. The molecule has 0 radical (unpaired) electrons. The number of unbranched alkanes of at least 4 members (excludes halogenated alkanes) is 18. The lowest BCUT2D eigenvalue weighted by Gasteiger charge is -2.32. The Labute approximate surface area is 367 Å². The molecule has 352 valence electrons. The van der Waals surface area contributed by atoms with Crippen molar-refractivity contribution in [3.05, 3.63) is 0 Å². The largest absolute Gasteiger partial charge is 0.469 e. The number of hydrogen-bond acceptors (Lipinski definition) is 10. The van der Waals surface area contributed by atoms with Crippen molar-refractivity contribution in [1.82, 2.24) is 0 Å². The average Bonchev–Trinajstić information content (AvgIpc) is 3.26. The first-order chi connectivity index (χ1) is 29.2. The Bertz CT molecular complexity index is 1060. The fraction of sp³-hybridized carbons (Fsp3) is 0.920. The minimum atomic E-state index is -0.288. The minimum absolute atomic E-state index is 0.121. The predicted molar refractivity (Wildman–Crippen MR) is 241 cm³/mol. The van der Waals surface area contributed by atoms with E-state index in [9.17, 15) is 19.2 Å². The Morgan fingerprint density at radius 3 is 0.983 bits per heavy atom. The molecular weight excluding hydrogens is 761 g/mol. The van der Waals surface area contributed by atoms with Gasteiger partial charge in [-0.15, -0.1) is 0 Å². The molecule has 1 aliphatic rings. The molecule has 4 atom stereocenters. The maximum atomic E-state index is 13.8. The molecule has 1 rings (SSSR count). The lowest BCUT2D eigenvalue weighted by molar-refractivity contribution is -0.170. The molecule has 1 saturated carbocycles. The van der Waals surface area contributed by atoms with E-state index in [4.69, 9.17) is 28.4 Å². The number of ether oxygens (including phenoxy) is 6. The van der Waals surface area contributed by atoms with Gasteiger partial charge in [0, 0.05) is 26.1 Å². The Balaban J connectivity index is 2.85. The molecule has 1 aliphatic carbocycles. The zero-order valence-corrected chi connectivity index (χ0v) is 39.6. The van der Waals surface area contributed by atoms with Crippen molar-refractivity contribution in [3.63, 3.8) is 0 Å². The van der Waals surface area contributed by atoms with Crippen molar-refractivity contribution in [2.24, 2.45) is 11.8 Å². The summed E-state index contributed by atoms with van der Waals surface area (Å²) >= 11 is 0. The van der Waals surface area contributed by atoms with Crippen molar-refractivity contribution in [2.45, 2.75) is 258 Å². The minimum Gasteiger partial charge on any atom is -0.469 e. The van der Waals surface area contributed by atoms with E-state index in [1.807, 2.05) is 13.8 Å². The zero-order chi connectivity index (χ0) is 44.1. The van der Waals surface area contributed by atoms with Gasteiger partial charge in [0.15, 0.2) is 0 Å². The van der Waals surface area contributed by atoms with Gasteiger partial charge in [0.05, 0.1) is 38.3 Å². The quantitative estimate of drug-likeness (QED) is 0.0334. The Morgan fingerprint density at radius 2 is 0.683 bits per heavy atom. The summed E-state index contributed by atoms with van der Waals surface area (Å²) in [5.41, 5.74) is 0. The van der Waals surface area contributed by atoms with E-state index in [1.54, 1.807) is 0 Å². The van der Waals surface area contributed by atoms with Crippen LogP contribution in [0.2, 0.25) is 0 Å². The van der Waals surface area contributed by atoms with Gasteiger partial charge in [0.2, 0.25) is 0 Å². The van der Waals surface area contributed by atoms with E-state index >= 15 is 0 Å². The first-order valence-electron chi connectivity index (χ1n) is 25.0.